The quantitative estimate of drug-likeness (QED) is 0.504. The van der Waals surface area contributed by atoms with Crippen molar-refractivity contribution < 1.29 is 18.3 Å². The molecule has 76 valence electrons. The average molecular weight is 192 g/mol. The second kappa shape index (κ2) is 4.94. The molecule has 4 heteroatoms. The monoisotopic (exact) mass is 192 g/mol. The number of esters is 1. The first-order valence-electron chi connectivity index (χ1n) is 4.09. The lowest BCUT2D eigenvalue weighted by Crippen LogP contribution is -2.26. The fourth-order valence-corrected chi connectivity index (χ4v) is 0.554. The van der Waals surface area contributed by atoms with Crippen LogP contribution >= 0.6 is 0 Å². The van der Waals surface area contributed by atoms with E-state index in [2.05, 4.69) is 4.74 Å². The molecule has 0 fully saturated rings. The smallest absolute Gasteiger partial charge is 0.330 e. The van der Waals surface area contributed by atoms with Gasteiger partial charge in [-0.2, -0.15) is 0 Å². The van der Waals surface area contributed by atoms with Gasteiger partial charge in [-0.05, 0) is 26.8 Å². The Kier molecular flexibility index (Phi) is 4.59. The molecule has 0 saturated heterocycles. The van der Waals surface area contributed by atoms with Crippen LogP contribution in [0.1, 0.15) is 20.8 Å². The van der Waals surface area contributed by atoms with E-state index in [1.54, 1.807) is 6.92 Å². The summed E-state index contributed by atoms with van der Waals surface area (Å²) < 4.78 is 30.2. The van der Waals surface area contributed by atoms with Crippen molar-refractivity contribution in [2.45, 2.75) is 32.6 Å². The normalized spacial score (nSPS) is 18.2. The molecule has 0 radical (unpaired) electrons. The lowest BCUT2D eigenvalue weighted by atomic mass is 10.0. The van der Waals surface area contributed by atoms with Crippen LogP contribution in [-0.2, 0) is 9.53 Å². The van der Waals surface area contributed by atoms with Gasteiger partial charge in [0.05, 0.1) is 6.61 Å². The minimum Gasteiger partial charge on any atom is -0.463 e. The van der Waals surface area contributed by atoms with Gasteiger partial charge in [0, 0.05) is 6.08 Å². The lowest BCUT2D eigenvalue weighted by Gasteiger charge is -2.16. The number of ether oxygens (including phenoxy) is 1. The highest BCUT2D eigenvalue weighted by Gasteiger charge is 2.27. The van der Waals surface area contributed by atoms with Crippen molar-refractivity contribution in [2.24, 2.45) is 0 Å². The zero-order valence-corrected chi connectivity index (χ0v) is 8.01. The Morgan fingerprint density at radius 1 is 1.69 bits per heavy atom. The minimum absolute atomic E-state index is 0.220. The second-order valence-electron chi connectivity index (χ2n) is 2.85. The molecule has 0 aliphatic rings. The third-order valence-corrected chi connectivity index (χ3v) is 1.61. The molecular formula is C9H14F2O2. The Morgan fingerprint density at radius 3 is 2.62 bits per heavy atom. The molecule has 13 heavy (non-hydrogen) atoms. The van der Waals surface area contributed by atoms with Crippen molar-refractivity contribution in [1.82, 2.24) is 0 Å². The SMILES string of the molecule is CCOC(=O)/C=C/C(C)(F)C(C)F. The van der Waals surface area contributed by atoms with Crippen molar-refractivity contribution in [3.05, 3.63) is 12.2 Å². The first-order chi connectivity index (χ1) is 5.90. The molecule has 0 aromatic rings. The summed E-state index contributed by atoms with van der Waals surface area (Å²) in [6, 6.07) is 0. The Hall–Kier alpha value is -0.930. The summed E-state index contributed by atoms with van der Waals surface area (Å²) in [4.78, 5) is 10.7. The van der Waals surface area contributed by atoms with Crippen LogP contribution in [0.4, 0.5) is 8.78 Å². The van der Waals surface area contributed by atoms with Crippen molar-refractivity contribution in [3.63, 3.8) is 0 Å². The molecule has 0 bridgehead atoms. The van der Waals surface area contributed by atoms with E-state index in [0.29, 0.717) is 0 Å². The van der Waals surface area contributed by atoms with Crippen LogP contribution in [0.25, 0.3) is 0 Å². The first kappa shape index (κ1) is 12.1. The van der Waals surface area contributed by atoms with Gasteiger partial charge in [-0.1, -0.05) is 0 Å². The number of hydrogen-bond donors (Lipinski definition) is 0. The number of allylic oxidation sites excluding steroid dienone is 1. The van der Waals surface area contributed by atoms with Gasteiger partial charge in [0.15, 0.2) is 5.67 Å². The highest BCUT2D eigenvalue weighted by Crippen LogP contribution is 2.19. The highest BCUT2D eigenvalue weighted by molar-refractivity contribution is 5.82. The first-order valence-corrected chi connectivity index (χ1v) is 4.09. The molecule has 0 saturated carbocycles. The van der Waals surface area contributed by atoms with Gasteiger partial charge in [-0.3, -0.25) is 0 Å². The van der Waals surface area contributed by atoms with Gasteiger partial charge in [0.1, 0.15) is 6.17 Å². The number of rotatable bonds is 4. The van der Waals surface area contributed by atoms with Crippen LogP contribution in [0.3, 0.4) is 0 Å². The summed E-state index contributed by atoms with van der Waals surface area (Å²) in [5.74, 6) is -0.660. The van der Waals surface area contributed by atoms with Crippen LogP contribution < -0.4 is 0 Å². The zero-order valence-electron chi connectivity index (χ0n) is 8.01. The number of carbonyl (C=O) groups is 1. The third kappa shape index (κ3) is 4.60. The molecule has 2 atom stereocenters. The molecule has 2 unspecified atom stereocenters. The lowest BCUT2D eigenvalue weighted by molar-refractivity contribution is -0.137. The summed E-state index contributed by atoms with van der Waals surface area (Å²) >= 11 is 0. The van der Waals surface area contributed by atoms with Crippen molar-refractivity contribution in [1.29, 1.82) is 0 Å². The van der Waals surface area contributed by atoms with Crippen LogP contribution in [0.15, 0.2) is 12.2 Å². The van der Waals surface area contributed by atoms with Gasteiger partial charge in [0.25, 0.3) is 0 Å². The molecule has 0 amide bonds. The summed E-state index contributed by atoms with van der Waals surface area (Å²) in [6.07, 6.45) is 0.119. The topological polar surface area (TPSA) is 26.3 Å². The van der Waals surface area contributed by atoms with E-state index in [-0.39, 0.29) is 6.61 Å². The van der Waals surface area contributed by atoms with Crippen LogP contribution in [0, 0.1) is 0 Å². The van der Waals surface area contributed by atoms with Gasteiger partial charge in [-0.25, -0.2) is 13.6 Å². The summed E-state index contributed by atoms with van der Waals surface area (Å²) in [5.41, 5.74) is -2.12. The molecule has 0 rings (SSSR count). The summed E-state index contributed by atoms with van der Waals surface area (Å²) in [7, 11) is 0. The van der Waals surface area contributed by atoms with Gasteiger partial charge < -0.3 is 4.74 Å². The molecule has 0 aliphatic heterocycles. The highest BCUT2D eigenvalue weighted by atomic mass is 19.2. The second-order valence-corrected chi connectivity index (χ2v) is 2.85. The number of carbonyl (C=O) groups excluding carboxylic acids is 1. The van der Waals surface area contributed by atoms with Gasteiger partial charge in [0.2, 0.25) is 0 Å². The maximum atomic E-state index is 13.1. The summed E-state index contributed by atoms with van der Waals surface area (Å²) in [6.45, 7) is 4.01. The van der Waals surface area contributed by atoms with Crippen LogP contribution in [-0.4, -0.2) is 24.4 Å². The molecular weight excluding hydrogens is 178 g/mol. The minimum atomic E-state index is -2.12. The average Bonchev–Trinajstić information content (AvgIpc) is 2.01. The Bertz CT molecular complexity index is 198. The third-order valence-electron chi connectivity index (χ3n) is 1.61. The van der Waals surface area contributed by atoms with E-state index in [4.69, 9.17) is 0 Å². The number of hydrogen-bond acceptors (Lipinski definition) is 2. The summed E-state index contributed by atoms with van der Waals surface area (Å²) in [5, 5.41) is 0. The molecule has 2 nitrogen and oxygen atoms in total. The van der Waals surface area contributed by atoms with E-state index in [1.807, 2.05) is 0 Å². The van der Waals surface area contributed by atoms with E-state index < -0.39 is 17.8 Å². The molecule has 0 aromatic heterocycles. The number of alkyl halides is 2. The maximum absolute atomic E-state index is 13.1. The molecule has 0 aliphatic carbocycles. The Balaban J connectivity index is 4.17. The number of halogens is 2. The van der Waals surface area contributed by atoms with Crippen molar-refractivity contribution in [3.8, 4) is 0 Å². The maximum Gasteiger partial charge on any atom is 0.330 e. The molecule has 0 N–H and O–H groups in total. The van der Waals surface area contributed by atoms with Crippen LogP contribution in [0.5, 0.6) is 0 Å². The molecule has 0 spiro atoms. The zero-order chi connectivity index (χ0) is 10.5. The van der Waals surface area contributed by atoms with E-state index in [1.165, 1.54) is 0 Å². The Morgan fingerprint density at radius 2 is 2.23 bits per heavy atom. The predicted molar refractivity (Wildman–Crippen MR) is 45.9 cm³/mol. The largest absolute Gasteiger partial charge is 0.463 e. The van der Waals surface area contributed by atoms with Gasteiger partial charge >= 0.3 is 5.97 Å². The Labute approximate surface area is 76.6 Å². The van der Waals surface area contributed by atoms with Gasteiger partial charge in [-0.15, -0.1) is 0 Å². The van der Waals surface area contributed by atoms with E-state index >= 15 is 0 Å². The fraction of sp³-hybridized carbons (Fsp3) is 0.667. The van der Waals surface area contributed by atoms with E-state index in [0.717, 1.165) is 26.0 Å². The predicted octanol–water partition coefficient (Wildman–Crippen LogP) is 2.19. The fourth-order valence-electron chi connectivity index (χ4n) is 0.554. The van der Waals surface area contributed by atoms with E-state index in [9.17, 15) is 13.6 Å². The molecule has 0 heterocycles. The van der Waals surface area contributed by atoms with Crippen LogP contribution in [0.2, 0.25) is 0 Å². The molecule has 0 aromatic carbocycles. The standard InChI is InChI=1S/C9H14F2O2/c1-4-13-8(12)5-6-9(3,11)7(2)10/h5-7H,4H2,1-3H3/b6-5+. The van der Waals surface area contributed by atoms with Crippen molar-refractivity contribution in [2.75, 3.05) is 6.61 Å². The van der Waals surface area contributed by atoms with Crippen molar-refractivity contribution >= 4 is 5.97 Å².